The monoisotopic (exact) mass is 417 g/mol. The molecule has 3 rings (SSSR count). The Hall–Kier alpha value is -2.15. The number of benzene rings is 2. The van der Waals surface area contributed by atoms with Gasteiger partial charge in [0.2, 0.25) is 0 Å². The van der Waals surface area contributed by atoms with Gasteiger partial charge in [0, 0.05) is 27.6 Å². The molecule has 5 heteroatoms. The van der Waals surface area contributed by atoms with E-state index in [2.05, 4.69) is 38.2 Å². The smallest absolute Gasteiger partial charge is 0.251 e. The van der Waals surface area contributed by atoms with Gasteiger partial charge in [0.1, 0.15) is 5.82 Å². The standard InChI is InChI=1S/C18H16IN3O/c19-15-8-5-14(6-9-15)18(23)21-12-11-20-17-10-7-13-3-1-2-4-16(13)22-17/h1-10H,11-12H2,(H,20,22)(H,21,23). The van der Waals surface area contributed by atoms with Crippen molar-refractivity contribution in [3.05, 3.63) is 69.8 Å². The fourth-order valence-corrected chi connectivity index (χ4v) is 2.59. The SMILES string of the molecule is O=C(NCCNc1ccc2ccccc2n1)c1ccc(I)cc1. The van der Waals surface area contributed by atoms with Crippen LogP contribution >= 0.6 is 22.6 Å². The number of carbonyl (C=O) groups excluding carboxylic acids is 1. The lowest BCUT2D eigenvalue weighted by Crippen LogP contribution is -2.28. The van der Waals surface area contributed by atoms with Crippen LogP contribution in [0.3, 0.4) is 0 Å². The van der Waals surface area contributed by atoms with E-state index in [0.717, 1.165) is 20.3 Å². The number of anilines is 1. The van der Waals surface area contributed by atoms with E-state index in [1.807, 2.05) is 60.7 Å². The van der Waals surface area contributed by atoms with Crippen LogP contribution in [0, 0.1) is 3.57 Å². The summed E-state index contributed by atoms with van der Waals surface area (Å²) in [4.78, 5) is 16.5. The maximum atomic E-state index is 12.0. The summed E-state index contributed by atoms with van der Waals surface area (Å²) in [5, 5.41) is 7.24. The van der Waals surface area contributed by atoms with Crippen molar-refractivity contribution in [2.45, 2.75) is 0 Å². The van der Waals surface area contributed by atoms with E-state index < -0.39 is 0 Å². The van der Waals surface area contributed by atoms with Gasteiger partial charge >= 0.3 is 0 Å². The maximum Gasteiger partial charge on any atom is 0.251 e. The molecule has 1 amide bonds. The molecule has 0 atom stereocenters. The largest absolute Gasteiger partial charge is 0.368 e. The summed E-state index contributed by atoms with van der Waals surface area (Å²) < 4.78 is 1.11. The Kier molecular flexibility index (Phi) is 5.07. The van der Waals surface area contributed by atoms with Gasteiger partial charge in [0.15, 0.2) is 0 Å². The highest BCUT2D eigenvalue weighted by molar-refractivity contribution is 14.1. The van der Waals surface area contributed by atoms with Crippen molar-refractivity contribution in [1.29, 1.82) is 0 Å². The maximum absolute atomic E-state index is 12.0. The zero-order valence-corrected chi connectivity index (χ0v) is 14.6. The number of hydrogen-bond donors (Lipinski definition) is 2. The van der Waals surface area contributed by atoms with Crippen molar-refractivity contribution in [1.82, 2.24) is 10.3 Å². The summed E-state index contributed by atoms with van der Waals surface area (Å²) in [7, 11) is 0. The molecule has 0 saturated heterocycles. The van der Waals surface area contributed by atoms with Crippen molar-refractivity contribution < 1.29 is 4.79 Å². The first kappa shape index (κ1) is 15.7. The highest BCUT2D eigenvalue weighted by Gasteiger charge is 2.04. The van der Waals surface area contributed by atoms with E-state index in [4.69, 9.17) is 0 Å². The number of nitrogens with one attached hydrogen (secondary N) is 2. The summed E-state index contributed by atoms with van der Waals surface area (Å²) in [6.07, 6.45) is 0. The molecular weight excluding hydrogens is 401 g/mol. The van der Waals surface area contributed by atoms with Gasteiger partial charge in [0.25, 0.3) is 5.91 Å². The molecule has 116 valence electrons. The zero-order valence-electron chi connectivity index (χ0n) is 12.4. The number of nitrogens with zero attached hydrogens (tertiary/aromatic N) is 1. The van der Waals surface area contributed by atoms with Crippen LogP contribution in [0.2, 0.25) is 0 Å². The number of aromatic nitrogens is 1. The molecule has 0 radical (unpaired) electrons. The van der Waals surface area contributed by atoms with E-state index in [1.165, 1.54) is 0 Å². The number of para-hydroxylation sites is 1. The molecule has 1 aromatic heterocycles. The zero-order chi connectivity index (χ0) is 16.1. The molecule has 0 unspecified atom stereocenters. The Labute approximate surface area is 148 Å². The Morgan fingerprint density at radius 2 is 1.74 bits per heavy atom. The van der Waals surface area contributed by atoms with Gasteiger partial charge in [-0.2, -0.15) is 0 Å². The molecule has 0 fully saturated rings. The van der Waals surface area contributed by atoms with E-state index in [9.17, 15) is 4.79 Å². The summed E-state index contributed by atoms with van der Waals surface area (Å²) in [5.74, 6) is 0.752. The molecule has 2 aromatic carbocycles. The van der Waals surface area contributed by atoms with Crippen LogP contribution in [0.4, 0.5) is 5.82 Å². The normalized spacial score (nSPS) is 10.5. The van der Waals surface area contributed by atoms with E-state index in [1.54, 1.807) is 0 Å². The molecule has 0 aliphatic carbocycles. The number of rotatable bonds is 5. The van der Waals surface area contributed by atoms with E-state index in [0.29, 0.717) is 18.7 Å². The third kappa shape index (κ3) is 4.19. The quantitative estimate of drug-likeness (QED) is 0.492. The van der Waals surface area contributed by atoms with Crippen molar-refractivity contribution in [2.24, 2.45) is 0 Å². The summed E-state index contributed by atoms with van der Waals surface area (Å²) in [5.41, 5.74) is 1.63. The first-order valence-corrected chi connectivity index (χ1v) is 8.44. The number of amides is 1. The second-order valence-electron chi connectivity index (χ2n) is 5.08. The molecule has 23 heavy (non-hydrogen) atoms. The molecule has 0 bridgehead atoms. The highest BCUT2D eigenvalue weighted by atomic mass is 127. The summed E-state index contributed by atoms with van der Waals surface area (Å²) in [6.45, 7) is 1.17. The summed E-state index contributed by atoms with van der Waals surface area (Å²) in [6, 6.07) is 19.5. The lowest BCUT2D eigenvalue weighted by Gasteiger charge is -2.08. The van der Waals surface area contributed by atoms with Gasteiger partial charge in [0.05, 0.1) is 5.52 Å². The number of pyridine rings is 1. The van der Waals surface area contributed by atoms with E-state index in [-0.39, 0.29) is 5.91 Å². The number of fused-ring (bicyclic) bond motifs is 1. The predicted molar refractivity (Wildman–Crippen MR) is 102 cm³/mol. The summed E-state index contributed by atoms with van der Waals surface area (Å²) >= 11 is 2.22. The number of carbonyl (C=O) groups is 1. The number of halogens is 1. The molecule has 0 aliphatic heterocycles. The minimum atomic E-state index is -0.0605. The van der Waals surface area contributed by atoms with Crippen LogP contribution in [0.1, 0.15) is 10.4 Å². The molecule has 4 nitrogen and oxygen atoms in total. The van der Waals surface area contributed by atoms with Gasteiger partial charge in [-0.15, -0.1) is 0 Å². The average Bonchev–Trinajstić information content (AvgIpc) is 2.59. The molecule has 0 saturated carbocycles. The Morgan fingerprint density at radius 3 is 2.57 bits per heavy atom. The average molecular weight is 417 g/mol. The first-order valence-electron chi connectivity index (χ1n) is 7.36. The molecule has 2 N–H and O–H groups in total. The fourth-order valence-electron chi connectivity index (χ4n) is 2.23. The molecular formula is C18H16IN3O. The molecule has 3 aromatic rings. The third-order valence-electron chi connectivity index (χ3n) is 3.42. The van der Waals surface area contributed by atoms with Crippen LogP contribution in [-0.2, 0) is 0 Å². The topological polar surface area (TPSA) is 54.0 Å². The number of hydrogen-bond acceptors (Lipinski definition) is 3. The van der Waals surface area contributed by atoms with Crippen LogP contribution < -0.4 is 10.6 Å². The molecule has 1 heterocycles. The highest BCUT2D eigenvalue weighted by Crippen LogP contribution is 2.14. The molecule has 0 aliphatic rings. The minimum absolute atomic E-state index is 0.0605. The Balaban J connectivity index is 1.50. The molecule has 0 spiro atoms. The lowest BCUT2D eigenvalue weighted by molar-refractivity contribution is 0.0955. The predicted octanol–water partition coefficient (Wildman–Crippen LogP) is 3.68. The Morgan fingerprint density at radius 1 is 0.957 bits per heavy atom. The van der Waals surface area contributed by atoms with Crippen molar-refractivity contribution >= 4 is 45.2 Å². The van der Waals surface area contributed by atoms with Crippen molar-refractivity contribution in [2.75, 3.05) is 18.4 Å². The lowest BCUT2D eigenvalue weighted by atomic mass is 10.2. The van der Waals surface area contributed by atoms with Crippen LogP contribution in [0.5, 0.6) is 0 Å². The van der Waals surface area contributed by atoms with Gasteiger partial charge in [-0.3, -0.25) is 4.79 Å². The second kappa shape index (κ2) is 7.41. The minimum Gasteiger partial charge on any atom is -0.368 e. The van der Waals surface area contributed by atoms with Crippen LogP contribution in [0.25, 0.3) is 10.9 Å². The third-order valence-corrected chi connectivity index (χ3v) is 4.14. The second-order valence-corrected chi connectivity index (χ2v) is 6.32. The van der Waals surface area contributed by atoms with Gasteiger partial charge in [-0.25, -0.2) is 4.98 Å². The van der Waals surface area contributed by atoms with Crippen LogP contribution in [-0.4, -0.2) is 24.0 Å². The van der Waals surface area contributed by atoms with Gasteiger partial charge in [-0.1, -0.05) is 18.2 Å². The Bertz CT molecular complexity index is 818. The van der Waals surface area contributed by atoms with Gasteiger partial charge < -0.3 is 10.6 Å². The first-order chi connectivity index (χ1) is 11.2. The van der Waals surface area contributed by atoms with E-state index >= 15 is 0 Å². The fraction of sp³-hybridized carbons (Fsp3) is 0.111. The van der Waals surface area contributed by atoms with Crippen LogP contribution in [0.15, 0.2) is 60.7 Å². The van der Waals surface area contributed by atoms with Crippen molar-refractivity contribution in [3.63, 3.8) is 0 Å². The van der Waals surface area contributed by atoms with Crippen molar-refractivity contribution in [3.8, 4) is 0 Å². The van der Waals surface area contributed by atoms with Gasteiger partial charge in [-0.05, 0) is 65.1 Å².